The van der Waals surface area contributed by atoms with E-state index in [1.807, 2.05) is 7.11 Å². The molecule has 0 aromatic carbocycles. The average molecular weight is 301 g/mol. The second-order valence-corrected chi connectivity index (χ2v) is 7.39. The van der Waals surface area contributed by atoms with Crippen molar-refractivity contribution in [3.8, 4) is 0 Å². The minimum atomic E-state index is 0.174. The maximum atomic E-state index is 6.23. The molecule has 3 atom stereocenters. The fourth-order valence-electron chi connectivity index (χ4n) is 3.87. The number of likely N-dealkylation sites (N-methyl/N-ethyl adjacent to an activating group) is 1. The Hall–Kier alpha value is 0.230. The summed E-state index contributed by atoms with van der Waals surface area (Å²) < 4.78 is 12.0. The summed E-state index contributed by atoms with van der Waals surface area (Å²) in [6.07, 6.45) is 6.26. The van der Waals surface area contributed by atoms with E-state index < -0.39 is 0 Å². The molecule has 0 radical (unpaired) electrons. The monoisotopic (exact) mass is 301 g/mol. The highest BCUT2D eigenvalue weighted by molar-refractivity contribution is 7.99. The zero-order valence-electron chi connectivity index (χ0n) is 13.3. The Morgan fingerprint density at radius 1 is 1.35 bits per heavy atom. The number of hydrogen-bond donors (Lipinski definition) is 1. The molecular weight excluding hydrogens is 270 g/mol. The lowest BCUT2D eigenvalue weighted by atomic mass is 9.77. The first-order valence-electron chi connectivity index (χ1n) is 8.22. The summed E-state index contributed by atoms with van der Waals surface area (Å²) in [5.74, 6) is 3.22. The van der Waals surface area contributed by atoms with E-state index in [-0.39, 0.29) is 5.60 Å². The van der Waals surface area contributed by atoms with Gasteiger partial charge >= 0.3 is 0 Å². The minimum absolute atomic E-state index is 0.174. The van der Waals surface area contributed by atoms with Crippen LogP contribution in [0.15, 0.2) is 0 Å². The van der Waals surface area contributed by atoms with Crippen molar-refractivity contribution in [3.63, 3.8) is 0 Å². The number of rotatable bonds is 6. The van der Waals surface area contributed by atoms with Crippen molar-refractivity contribution in [1.29, 1.82) is 0 Å². The van der Waals surface area contributed by atoms with E-state index in [2.05, 4.69) is 30.9 Å². The predicted molar refractivity (Wildman–Crippen MR) is 86.5 cm³/mol. The highest BCUT2D eigenvalue weighted by Gasteiger charge is 2.42. The van der Waals surface area contributed by atoms with E-state index in [0.717, 1.165) is 19.6 Å². The molecule has 3 nitrogen and oxygen atoms in total. The summed E-state index contributed by atoms with van der Waals surface area (Å²) in [7, 11) is 1.85. The number of hydrogen-bond acceptors (Lipinski definition) is 4. The van der Waals surface area contributed by atoms with Crippen molar-refractivity contribution < 1.29 is 9.47 Å². The van der Waals surface area contributed by atoms with Crippen LogP contribution in [0.25, 0.3) is 0 Å². The molecule has 2 saturated heterocycles. The normalized spacial score (nSPS) is 29.2. The van der Waals surface area contributed by atoms with E-state index in [4.69, 9.17) is 9.47 Å². The lowest BCUT2D eigenvalue weighted by molar-refractivity contribution is -0.115. The van der Waals surface area contributed by atoms with Gasteiger partial charge in [0.2, 0.25) is 0 Å². The molecule has 0 aliphatic carbocycles. The Labute approximate surface area is 128 Å². The summed E-state index contributed by atoms with van der Waals surface area (Å²) in [5, 5.41) is 3.69. The van der Waals surface area contributed by atoms with Gasteiger partial charge in [0.15, 0.2) is 0 Å². The first-order chi connectivity index (χ1) is 9.74. The largest absolute Gasteiger partial charge is 0.380 e. The van der Waals surface area contributed by atoms with Crippen LogP contribution >= 0.6 is 11.8 Å². The molecule has 2 aliphatic rings. The van der Waals surface area contributed by atoms with Gasteiger partial charge in [0.1, 0.15) is 0 Å². The predicted octanol–water partition coefficient (Wildman–Crippen LogP) is 3.08. The Bertz CT molecular complexity index is 272. The van der Waals surface area contributed by atoms with Gasteiger partial charge in [-0.3, -0.25) is 0 Å². The zero-order valence-corrected chi connectivity index (χ0v) is 14.1. The Kier molecular flexibility index (Phi) is 6.66. The van der Waals surface area contributed by atoms with Crippen LogP contribution in [0.3, 0.4) is 0 Å². The molecule has 0 saturated carbocycles. The van der Waals surface area contributed by atoms with E-state index in [1.54, 1.807) is 0 Å². The van der Waals surface area contributed by atoms with Crippen LogP contribution in [0.5, 0.6) is 0 Å². The molecule has 4 heteroatoms. The Balaban J connectivity index is 2.04. The molecule has 20 heavy (non-hydrogen) atoms. The molecule has 2 heterocycles. The average Bonchev–Trinajstić information content (AvgIpc) is 2.48. The lowest BCUT2D eigenvalue weighted by Gasteiger charge is -2.46. The topological polar surface area (TPSA) is 30.5 Å². The summed E-state index contributed by atoms with van der Waals surface area (Å²) >= 11 is 2.08. The van der Waals surface area contributed by atoms with Gasteiger partial charge in [0.05, 0.1) is 11.7 Å². The molecule has 2 rings (SSSR count). The van der Waals surface area contributed by atoms with Gasteiger partial charge in [-0.15, -0.1) is 0 Å². The van der Waals surface area contributed by atoms with Crippen molar-refractivity contribution in [2.75, 3.05) is 31.8 Å². The SMILES string of the molecule is CCNC(C1CCOC2(CCSCC2)C1)C(CC)OC. The lowest BCUT2D eigenvalue weighted by Crippen LogP contribution is -2.52. The molecule has 1 N–H and O–H groups in total. The van der Waals surface area contributed by atoms with Gasteiger partial charge in [-0.25, -0.2) is 0 Å². The van der Waals surface area contributed by atoms with Crippen LogP contribution in [0.1, 0.15) is 46.0 Å². The standard InChI is InChI=1S/C16H31NO2S/c1-4-14(18-3)15(17-5-2)13-6-9-19-16(12-13)7-10-20-11-8-16/h13-15,17H,4-12H2,1-3H3. The second-order valence-electron chi connectivity index (χ2n) is 6.16. The smallest absolute Gasteiger partial charge is 0.0724 e. The van der Waals surface area contributed by atoms with Gasteiger partial charge in [0, 0.05) is 19.8 Å². The van der Waals surface area contributed by atoms with Gasteiger partial charge in [-0.1, -0.05) is 13.8 Å². The highest BCUT2D eigenvalue weighted by Crippen LogP contribution is 2.41. The molecule has 3 unspecified atom stereocenters. The molecule has 2 aliphatic heterocycles. The van der Waals surface area contributed by atoms with Crippen LogP contribution in [-0.4, -0.2) is 49.5 Å². The minimum Gasteiger partial charge on any atom is -0.380 e. The van der Waals surface area contributed by atoms with Crippen LogP contribution in [0.4, 0.5) is 0 Å². The van der Waals surface area contributed by atoms with Crippen LogP contribution in [0.2, 0.25) is 0 Å². The molecular formula is C16H31NO2S. The molecule has 2 fully saturated rings. The molecule has 0 aromatic heterocycles. The number of methoxy groups -OCH3 is 1. The van der Waals surface area contributed by atoms with Crippen LogP contribution < -0.4 is 5.32 Å². The van der Waals surface area contributed by atoms with E-state index in [9.17, 15) is 0 Å². The van der Waals surface area contributed by atoms with E-state index in [0.29, 0.717) is 18.1 Å². The van der Waals surface area contributed by atoms with Gasteiger partial charge < -0.3 is 14.8 Å². The van der Waals surface area contributed by atoms with Gasteiger partial charge in [0.25, 0.3) is 0 Å². The fraction of sp³-hybridized carbons (Fsp3) is 1.00. The fourth-order valence-corrected chi connectivity index (χ4v) is 5.11. The van der Waals surface area contributed by atoms with Crippen molar-refractivity contribution in [2.45, 2.75) is 63.7 Å². The molecule has 0 bridgehead atoms. The quantitative estimate of drug-likeness (QED) is 0.817. The number of ether oxygens (including phenoxy) is 2. The third-order valence-corrected chi connectivity index (χ3v) is 5.97. The maximum absolute atomic E-state index is 6.23. The third kappa shape index (κ3) is 3.90. The molecule has 1 spiro atoms. The number of nitrogens with one attached hydrogen (secondary N) is 1. The second kappa shape index (κ2) is 8.02. The molecule has 0 amide bonds. The first-order valence-corrected chi connectivity index (χ1v) is 9.38. The van der Waals surface area contributed by atoms with Gasteiger partial charge in [-0.2, -0.15) is 11.8 Å². The van der Waals surface area contributed by atoms with Crippen molar-refractivity contribution in [2.24, 2.45) is 5.92 Å². The Morgan fingerprint density at radius 2 is 2.10 bits per heavy atom. The highest BCUT2D eigenvalue weighted by atomic mass is 32.2. The zero-order chi connectivity index (χ0) is 14.4. The summed E-state index contributed by atoms with van der Waals surface area (Å²) in [5.41, 5.74) is 0.174. The maximum Gasteiger partial charge on any atom is 0.0724 e. The number of thioether (sulfide) groups is 1. The summed E-state index contributed by atoms with van der Waals surface area (Å²) in [6.45, 7) is 6.37. The Morgan fingerprint density at radius 3 is 2.70 bits per heavy atom. The van der Waals surface area contributed by atoms with Crippen LogP contribution in [-0.2, 0) is 9.47 Å². The van der Waals surface area contributed by atoms with E-state index >= 15 is 0 Å². The summed E-state index contributed by atoms with van der Waals surface area (Å²) in [4.78, 5) is 0. The first kappa shape index (κ1) is 16.6. The van der Waals surface area contributed by atoms with Crippen molar-refractivity contribution >= 4 is 11.8 Å². The van der Waals surface area contributed by atoms with Gasteiger partial charge in [-0.05, 0) is 56.1 Å². The molecule has 0 aromatic rings. The summed E-state index contributed by atoms with van der Waals surface area (Å²) in [6, 6.07) is 0.477. The van der Waals surface area contributed by atoms with Crippen LogP contribution in [0, 0.1) is 5.92 Å². The van der Waals surface area contributed by atoms with E-state index in [1.165, 1.54) is 37.2 Å². The third-order valence-electron chi connectivity index (χ3n) is 4.99. The van der Waals surface area contributed by atoms with Crippen molar-refractivity contribution in [1.82, 2.24) is 5.32 Å². The van der Waals surface area contributed by atoms with Crippen molar-refractivity contribution in [3.05, 3.63) is 0 Å². The molecule has 118 valence electrons.